The summed E-state index contributed by atoms with van der Waals surface area (Å²) in [5.41, 5.74) is 1.17. The minimum atomic E-state index is -0.422. The highest BCUT2D eigenvalue weighted by molar-refractivity contribution is 6.21. The highest BCUT2D eigenvalue weighted by Crippen LogP contribution is 2.23. The van der Waals surface area contributed by atoms with Crippen molar-refractivity contribution in [3.63, 3.8) is 0 Å². The number of rotatable bonds is 4. The molecule has 1 aromatic heterocycles. The SMILES string of the molecule is C[n+]1ccn(C(=O)N(CCN2C(=O)c3ccccc3C2=O)c2ccc(F)cc2)c1.[I-]. The molecule has 0 saturated carbocycles. The van der Waals surface area contributed by atoms with E-state index in [-0.39, 0.29) is 54.9 Å². The zero-order valence-electron chi connectivity index (χ0n) is 16.0. The van der Waals surface area contributed by atoms with E-state index in [9.17, 15) is 18.8 Å². The second kappa shape index (κ2) is 8.74. The number of imide groups is 1. The molecule has 2 aromatic carbocycles. The summed E-state index contributed by atoms with van der Waals surface area (Å²) in [7, 11) is 1.78. The normalized spacial score (nSPS) is 12.5. The molecule has 4 rings (SSSR count). The van der Waals surface area contributed by atoms with Crippen molar-refractivity contribution in [3.8, 4) is 0 Å². The first kappa shape index (κ1) is 21.6. The van der Waals surface area contributed by atoms with Crippen LogP contribution in [0.4, 0.5) is 14.9 Å². The number of imidazole rings is 1. The van der Waals surface area contributed by atoms with Gasteiger partial charge >= 0.3 is 6.03 Å². The number of amides is 3. The van der Waals surface area contributed by atoms with E-state index in [1.807, 2.05) is 0 Å². The number of benzene rings is 2. The summed E-state index contributed by atoms with van der Waals surface area (Å²) in [6.07, 6.45) is 4.91. The number of hydrogen-bond donors (Lipinski definition) is 0. The molecule has 0 unspecified atom stereocenters. The largest absolute Gasteiger partial charge is 1.00 e. The first-order chi connectivity index (χ1) is 14.0. The molecule has 1 aliphatic rings. The van der Waals surface area contributed by atoms with Gasteiger partial charge in [0.2, 0.25) is 0 Å². The van der Waals surface area contributed by atoms with Crippen LogP contribution in [0.15, 0.2) is 67.3 Å². The number of nitrogens with zero attached hydrogens (tertiary/aromatic N) is 4. The van der Waals surface area contributed by atoms with Crippen molar-refractivity contribution in [2.45, 2.75) is 0 Å². The smallest absolute Gasteiger partial charge is 0.420 e. The third-order valence-electron chi connectivity index (χ3n) is 4.78. The Hall–Kier alpha value is -3.08. The van der Waals surface area contributed by atoms with Crippen molar-refractivity contribution in [1.82, 2.24) is 9.47 Å². The van der Waals surface area contributed by atoms with Crippen molar-refractivity contribution >= 4 is 23.5 Å². The highest BCUT2D eigenvalue weighted by Gasteiger charge is 2.35. The molecule has 1 aliphatic heterocycles. The quantitative estimate of drug-likeness (QED) is 0.258. The van der Waals surface area contributed by atoms with Crippen molar-refractivity contribution in [2.75, 3.05) is 18.0 Å². The van der Waals surface area contributed by atoms with E-state index in [1.54, 1.807) is 54.6 Å². The van der Waals surface area contributed by atoms with Gasteiger partial charge in [-0.3, -0.25) is 19.4 Å². The Kier molecular flexibility index (Phi) is 6.30. The van der Waals surface area contributed by atoms with Crippen LogP contribution in [0, 0.1) is 5.82 Å². The molecule has 3 aromatic rings. The van der Waals surface area contributed by atoms with Crippen LogP contribution in [-0.2, 0) is 7.05 Å². The van der Waals surface area contributed by atoms with Gasteiger partial charge in [0, 0.05) is 18.8 Å². The van der Waals surface area contributed by atoms with E-state index in [4.69, 9.17) is 0 Å². The molecule has 30 heavy (non-hydrogen) atoms. The summed E-state index contributed by atoms with van der Waals surface area (Å²) < 4.78 is 16.4. The standard InChI is InChI=1S/C21H18FN4O3.HI/c1-23-10-11-24(14-23)21(29)25(16-8-6-15(22)7-9-16)12-13-26-19(27)17-4-2-3-5-18(17)20(26)28;/h2-11,14H,12-13H2,1H3;1H/q+1;/p-1. The van der Waals surface area contributed by atoms with Crippen molar-refractivity contribution in [1.29, 1.82) is 0 Å². The van der Waals surface area contributed by atoms with Gasteiger partial charge in [-0.1, -0.05) is 12.1 Å². The molecule has 154 valence electrons. The number of carbonyl (C=O) groups excluding carboxylic acids is 3. The molecule has 0 spiro atoms. The van der Waals surface area contributed by atoms with Gasteiger partial charge < -0.3 is 24.0 Å². The lowest BCUT2D eigenvalue weighted by molar-refractivity contribution is -0.670. The molecule has 0 radical (unpaired) electrons. The van der Waals surface area contributed by atoms with Gasteiger partial charge in [-0.25, -0.2) is 13.8 Å². The zero-order chi connectivity index (χ0) is 20.5. The second-order valence-electron chi connectivity index (χ2n) is 6.70. The topological polar surface area (TPSA) is 66.5 Å². The van der Waals surface area contributed by atoms with Gasteiger partial charge in [0.1, 0.15) is 18.2 Å². The van der Waals surface area contributed by atoms with Crippen LogP contribution in [0.5, 0.6) is 0 Å². The maximum atomic E-state index is 13.4. The molecule has 3 amide bonds. The molecule has 0 N–H and O–H groups in total. The lowest BCUT2D eigenvalue weighted by Gasteiger charge is -2.23. The van der Waals surface area contributed by atoms with E-state index >= 15 is 0 Å². The van der Waals surface area contributed by atoms with Crippen LogP contribution in [0.1, 0.15) is 20.7 Å². The Morgan fingerprint density at radius 2 is 1.63 bits per heavy atom. The summed E-state index contributed by atoms with van der Waals surface area (Å²) >= 11 is 0. The Morgan fingerprint density at radius 3 is 2.17 bits per heavy atom. The molecule has 0 atom stereocenters. The van der Waals surface area contributed by atoms with Gasteiger partial charge in [0.15, 0.2) is 0 Å². The molecule has 0 bridgehead atoms. The third kappa shape index (κ3) is 3.97. The number of anilines is 1. The zero-order valence-corrected chi connectivity index (χ0v) is 18.2. The Bertz CT molecular complexity index is 1080. The lowest BCUT2D eigenvalue weighted by Crippen LogP contribution is -3.00. The van der Waals surface area contributed by atoms with Crippen LogP contribution >= 0.6 is 0 Å². The van der Waals surface area contributed by atoms with Crippen LogP contribution in [0.3, 0.4) is 0 Å². The van der Waals surface area contributed by atoms with Gasteiger partial charge in [0.05, 0.1) is 18.2 Å². The minimum absolute atomic E-state index is 0. The molecule has 0 aliphatic carbocycles. The summed E-state index contributed by atoms with van der Waals surface area (Å²) in [5, 5.41) is 0. The van der Waals surface area contributed by atoms with Crippen molar-refractivity contribution < 1.29 is 47.3 Å². The number of aryl methyl sites for hydroxylation is 1. The number of fused-ring (bicyclic) bond motifs is 1. The number of aromatic nitrogens is 2. The summed E-state index contributed by atoms with van der Waals surface area (Å²) in [6.45, 7) is 0.0840. The Labute approximate surface area is 189 Å². The Morgan fingerprint density at radius 1 is 1.03 bits per heavy atom. The fourth-order valence-electron chi connectivity index (χ4n) is 3.30. The predicted octanol–water partition coefficient (Wildman–Crippen LogP) is -0.773. The average molecular weight is 520 g/mol. The predicted molar refractivity (Wildman–Crippen MR) is 102 cm³/mol. The van der Waals surface area contributed by atoms with Gasteiger partial charge in [-0.15, -0.1) is 0 Å². The molecule has 7 nitrogen and oxygen atoms in total. The first-order valence-electron chi connectivity index (χ1n) is 9.01. The van der Waals surface area contributed by atoms with E-state index in [0.29, 0.717) is 16.8 Å². The van der Waals surface area contributed by atoms with Crippen LogP contribution in [0.25, 0.3) is 0 Å². The average Bonchev–Trinajstić information content (AvgIpc) is 3.26. The third-order valence-corrected chi connectivity index (χ3v) is 4.78. The Balaban J connectivity index is 0.00000256. The van der Waals surface area contributed by atoms with Crippen molar-refractivity contribution in [3.05, 3.63) is 84.2 Å². The first-order valence-corrected chi connectivity index (χ1v) is 9.01. The fourth-order valence-corrected chi connectivity index (χ4v) is 3.30. The molecule has 0 fully saturated rings. The molecular formula is C21H18FIN4O3. The second-order valence-corrected chi connectivity index (χ2v) is 6.70. The summed E-state index contributed by atoms with van der Waals surface area (Å²) in [4.78, 5) is 40.7. The summed E-state index contributed by atoms with van der Waals surface area (Å²) in [6, 6.07) is 11.7. The maximum Gasteiger partial charge on any atom is 0.420 e. The van der Waals surface area contributed by atoms with Crippen LogP contribution < -0.4 is 33.4 Å². The number of halogens is 2. The van der Waals surface area contributed by atoms with Gasteiger partial charge in [-0.05, 0) is 36.4 Å². The van der Waals surface area contributed by atoms with E-state index in [1.165, 1.54) is 33.7 Å². The molecule has 9 heteroatoms. The number of hydrogen-bond acceptors (Lipinski definition) is 3. The minimum Gasteiger partial charge on any atom is -1.00 e. The summed E-state index contributed by atoms with van der Waals surface area (Å²) in [5.74, 6) is -1.19. The van der Waals surface area contributed by atoms with E-state index in [2.05, 4.69) is 0 Å². The molecule has 0 saturated heterocycles. The van der Waals surface area contributed by atoms with Crippen LogP contribution in [0.2, 0.25) is 0 Å². The van der Waals surface area contributed by atoms with Crippen molar-refractivity contribution in [2.24, 2.45) is 7.05 Å². The van der Waals surface area contributed by atoms with Gasteiger partial charge in [0.25, 0.3) is 18.1 Å². The lowest BCUT2D eigenvalue weighted by atomic mass is 10.1. The highest BCUT2D eigenvalue weighted by atomic mass is 127. The monoisotopic (exact) mass is 520 g/mol. The van der Waals surface area contributed by atoms with Crippen LogP contribution in [-0.4, -0.2) is 40.4 Å². The van der Waals surface area contributed by atoms with E-state index < -0.39 is 5.82 Å². The maximum absolute atomic E-state index is 13.4. The van der Waals surface area contributed by atoms with Gasteiger partial charge in [-0.2, -0.15) is 4.57 Å². The molecular weight excluding hydrogens is 502 g/mol. The van der Waals surface area contributed by atoms with E-state index in [0.717, 1.165) is 4.90 Å². The molecule has 2 heterocycles. The number of carbonyl (C=O) groups is 3. The fraction of sp³-hybridized carbons (Fsp3) is 0.143.